The maximum atomic E-state index is 13.2. The summed E-state index contributed by atoms with van der Waals surface area (Å²) >= 11 is 2.74. The van der Waals surface area contributed by atoms with E-state index in [9.17, 15) is 28.8 Å². The predicted octanol–water partition coefficient (Wildman–Crippen LogP) is 4.87. The highest BCUT2D eigenvalue weighted by molar-refractivity contribution is 8.00. The van der Waals surface area contributed by atoms with Crippen LogP contribution in [0.5, 0.6) is 11.5 Å². The minimum absolute atomic E-state index is 0.0473. The lowest BCUT2D eigenvalue weighted by Gasteiger charge is -2.19. The zero-order valence-electron chi connectivity index (χ0n) is 29.4. The SMILES string of the molecule is COC(=O)NC(=O)C1CC(CCOC(=O)NC(=O)C2CCSC2NC(=O)c2ccc3c(c2)NC(C)N3)SC1NC(=O)c1ccc(Oc2ccccc2)cc1. The summed E-state index contributed by atoms with van der Waals surface area (Å²) in [7, 11) is 1.14. The molecule has 3 aliphatic heterocycles. The number of benzene rings is 3. The summed E-state index contributed by atoms with van der Waals surface area (Å²) < 4.78 is 15.7. The molecule has 6 N–H and O–H groups in total. The maximum Gasteiger partial charge on any atom is 0.413 e. The zero-order valence-corrected chi connectivity index (χ0v) is 31.1. The molecule has 284 valence electrons. The van der Waals surface area contributed by atoms with Gasteiger partial charge in [0.05, 0.1) is 53.8 Å². The second kappa shape index (κ2) is 17.6. The Balaban J connectivity index is 0.980. The summed E-state index contributed by atoms with van der Waals surface area (Å²) in [6.07, 6.45) is -0.773. The van der Waals surface area contributed by atoms with Gasteiger partial charge in [-0.3, -0.25) is 29.8 Å². The van der Waals surface area contributed by atoms with Crippen molar-refractivity contribution in [2.24, 2.45) is 11.8 Å². The number of fused-ring (bicyclic) bond motifs is 1. The Morgan fingerprint density at radius 1 is 0.759 bits per heavy atom. The van der Waals surface area contributed by atoms with E-state index in [-0.39, 0.29) is 30.4 Å². The lowest BCUT2D eigenvalue weighted by molar-refractivity contribution is -0.125. The van der Waals surface area contributed by atoms with Crippen molar-refractivity contribution in [2.45, 2.75) is 48.3 Å². The van der Waals surface area contributed by atoms with Crippen molar-refractivity contribution >= 4 is 70.7 Å². The van der Waals surface area contributed by atoms with E-state index >= 15 is 0 Å². The van der Waals surface area contributed by atoms with Crippen LogP contribution in [0.4, 0.5) is 21.0 Å². The molecule has 0 saturated carbocycles. The van der Waals surface area contributed by atoms with E-state index < -0.39 is 52.5 Å². The predicted molar refractivity (Wildman–Crippen MR) is 203 cm³/mol. The molecular formula is C37H40N6O9S2. The molecule has 3 aromatic carbocycles. The topological polar surface area (TPSA) is 202 Å². The van der Waals surface area contributed by atoms with Crippen LogP contribution >= 0.6 is 23.5 Å². The lowest BCUT2D eigenvalue weighted by Crippen LogP contribution is -2.44. The molecule has 2 fully saturated rings. The van der Waals surface area contributed by atoms with Gasteiger partial charge in [-0.1, -0.05) is 18.2 Å². The molecule has 0 bridgehead atoms. The first-order valence-corrected chi connectivity index (χ1v) is 19.3. The Kier molecular flexibility index (Phi) is 12.5. The fourth-order valence-corrected chi connectivity index (χ4v) is 9.14. The minimum atomic E-state index is -0.930. The highest BCUT2D eigenvalue weighted by Gasteiger charge is 2.41. The summed E-state index contributed by atoms with van der Waals surface area (Å²) in [5.41, 5.74) is 2.51. The number of ether oxygens (including phenoxy) is 3. The van der Waals surface area contributed by atoms with Crippen molar-refractivity contribution in [3.8, 4) is 11.5 Å². The van der Waals surface area contributed by atoms with E-state index in [4.69, 9.17) is 9.47 Å². The Morgan fingerprint density at radius 3 is 2.17 bits per heavy atom. The number of rotatable bonds is 11. The number of methoxy groups -OCH3 is 1. The van der Waals surface area contributed by atoms with Gasteiger partial charge in [-0.05, 0) is 86.5 Å². The van der Waals surface area contributed by atoms with Gasteiger partial charge in [0.15, 0.2) is 0 Å². The summed E-state index contributed by atoms with van der Waals surface area (Å²) in [5, 5.41) is 15.3. The average molecular weight is 777 g/mol. The third-order valence-corrected chi connectivity index (χ3v) is 11.8. The van der Waals surface area contributed by atoms with Gasteiger partial charge in [0.2, 0.25) is 11.8 Å². The van der Waals surface area contributed by atoms with Gasteiger partial charge in [-0.15, -0.1) is 23.5 Å². The van der Waals surface area contributed by atoms with Crippen LogP contribution in [-0.4, -0.2) is 77.4 Å². The quantitative estimate of drug-likeness (QED) is 0.154. The number of imide groups is 2. The van der Waals surface area contributed by atoms with E-state index in [1.807, 2.05) is 43.3 Å². The van der Waals surface area contributed by atoms with E-state index in [0.29, 0.717) is 41.2 Å². The first kappa shape index (κ1) is 38.3. The highest BCUT2D eigenvalue weighted by Crippen LogP contribution is 2.39. The maximum absolute atomic E-state index is 13.2. The van der Waals surface area contributed by atoms with Gasteiger partial charge in [0, 0.05) is 16.4 Å². The molecular weight excluding hydrogens is 737 g/mol. The standard InChI is InChI=1S/C37H40N6O9S2/c1-20-38-28-13-10-22(18-29(28)39-20)31(45)40-34-26(15-17-53-34)32(46)43-37(49)51-16-14-25-19-27(33(47)42-36(48)50-2)35(54-25)41-30(44)21-8-11-24(12-9-21)52-23-6-4-3-5-7-23/h3-13,18,20,25-27,34-35,38-39H,14-17,19H2,1-2H3,(H,40,45)(H,41,44)(H,42,47,48)(H,43,46,49). The van der Waals surface area contributed by atoms with Crippen molar-refractivity contribution in [1.82, 2.24) is 21.3 Å². The number of hydrogen-bond acceptors (Lipinski definition) is 13. The smallest absolute Gasteiger partial charge is 0.413 e. The number of hydrogen-bond donors (Lipinski definition) is 6. The average Bonchev–Trinajstić information content (AvgIpc) is 3.89. The van der Waals surface area contributed by atoms with E-state index in [1.54, 1.807) is 36.4 Å². The summed E-state index contributed by atoms with van der Waals surface area (Å²) in [5.74, 6) is -1.55. The number of carbonyl (C=O) groups is 6. The Morgan fingerprint density at radius 2 is 1.41 bits per heavy atom. The fraction of sp³-hybridized carbons (Fsp3) is 0.351. The van der Waals surface area contributed by atoms with Crippen molar-refractivity contribution in [1.29, 1.82) is 0 Å². The van der Waals surface area contributed by atoms with Crippen LogP contribution in [-0.2, 0) is 19.1 Å². The van der Waals surface area contributed by atoms with Crippen LogP contribution in [0.2, 0.25) is 0 Å². The number of amides is 6. The van der Waals surface area contributed by atoms with Gasteiger partial charge in [-0.2, -0.15) is 0 Å². The molecule has 3 aliphatic rings. The number of para-hydroxylation sites is 1. The molecule has 6 amide bonds. The Bertz CT molecular complexity index is 1880. The third kappa shape index (κ3) is 9.76. The van der Waals surface area contributed by atoms with Crippen molar-refractivity contribution in [3.63, 3.8) is 0 Å². The second-order valence-corrected chi connectivity index (χ2v) is 15.5. The molecule has 15 nitrogen and oxygen atoms in total. The number of nitrogens with one attached hydrogen (secondary N) is 6. The van der Waals surface area contributed by atoms with Crippen LogP contribution in [0, 0.1) is 11.8 Å². The molecule has 0 aromatic heterocycles. The molecule has 6 unspecified atom stereocenters. The van der Waals surface area contributed by atoms with Crippen molar-refractivity contribution in [3.05, 3.63) is 83.9 Å². The van der Waals surface area contributed by atoms with Gasteiger partial charge >= 0.3 is 12.2 Å². The first-order chi connectivity index (χ1) is 26.1. The molecule has 2 saturated heterocycles. The largest absolute Gasteiger partial charge is 0.457 e. The third-order valence-electron chi connectivity index (χ3n) is 8.96. The highest BCUT2D eigenvalue weighted by atomic mass is 32.2. The molecule has 17 heteroatoms. The number of thioether (sulfide) groups is 2. The lowest BCUT2D eigenvalue weighted by atomic mass is 10.0. The molecule has 0 aliphatic carbocycles. The summed E-state index contributed by atoms with van der Waals surface area (Å²) in [6.45, 7) is 1.88. The number of carbonyl (C=O) groups excluding carboxylic acids is 6. The van der Waals surface area contributed by atoms with Gasteiger partial charge < -0.3 is 35.5 Å². The van der Waals surface area contributed by atoms with Gasteiger partial charge in [-0.25, -0.2) is 9.59 Å². The van der Waals surface area contributed by atoms with Crippen LogP contribution in [0.3, 0.4) is 0 Å². The molecule has 0 radical (unpaired) electrons. The van der Waals surface area contributed by atoms with Crippen molar-refractivity contribution in [2.75, 3.05) is 30.1 Å². The van der Waals surface area contributed by atoms with Gasteiger partial charge in [0.1, 0.15) is 11.5 Å². The monoisotopic (exact) mass is 776 g/mol. The summed E-state index contributed by atoms with van der Waals surface area (Å²) in [6, 6.07) is 21.0. The molecule has 3 aromatic rings. The number of alkyl carbamates (subject to hydrolysis) is 2. The van der Waals surface area contributed by atoms with Crippen LogP contribution in [0.25, 0.3) is 0 Å². The first-order valence-electron chi connectivity index (χ1n) is 17.3. The molecule has 3 heterocycles. The van der Waals surface area contributed by atoms with E-state index in [2.05, 4.69) is 36.6 Å². The second-order valence-electron chi connectivity index (χ2n) is 12.8. The normalized spacial score (nSPS) is 22.4. The fourth-order valence-electron chi connectivity index (χ4n) is 6.24. The molecule has 6 atom stereocenters. The van der Waals surface area contributed by atoms with Crippen LogP contribution < -0.4 is 36.6 Å². The van der Waals surface area contributed by atoms with Crippen LogP contribution in [0.1, 0.15) is 46.9 Å². The molecule has 54 heavy (non-hydrogen) atoms. The number of anilines is 2. The van der Waals surface area contributed by atoms with Crippen molar-refractivity contribution < 1.29 is 43.0 Å². The zero-order chi connectivity index (χ0) is 38.2. The molecule has 0 spiro atoms. The summed E-state index contributed by atoms with van der Waals surface area (Å²) in [4.78, 5) is 76.8. The Labute approximate surface area is 319 Å². The Hall–Kier alpha value is -5.42. The van der Waals surface area contributed by atoms with E-state index in [1.165, 1.54) is 23.5 Å². The van der Waals surface area contributed by atoms with Crippen LogP contribution in [0.15, 0.2) is 72.8 Å². The van der Waals surface area contributed by atoms with Gasteiger partial charge in [0.25, 0.3) is 11.8 Å². The van der Waals surface area contributed by atoms with E-state index in [0.717, 1.165) is 18.5 Å². The minimum Gasteiger partial charge on any atom is -0.457 e. The molecule has 6 rings (SSSR count).